The van der Waals surface area contributed by atoms with E-state index in [-0.39, 0.29) is 17.2 Å². The number of nitro groups is 2. The van der Waals surface area contributed by atoms with Crippen LogP contribution in [0.3, 0.4) is 0 Å². The van der Waals surface area contributed by atoms with Gasteiger partial charge in [-0.3, -0.25) is 25.7 Å². The van der Waals surface area contributed by atoms with Gasteiger partial charge < -0.3 is 14.6 Å². The van der Waals surface area contributed by atoms with Crippen molar-refractivity contribution in [3.63, 3.8) is 0 Å². The number of hydrogen-bond acceptors (Lipinski definition) is 9. The molecule has 0 radical (unpaired) electrons. The summed E-state index contributed by atoms with van der Waals surface area (Å²) in [5.74, 6) is -0.796. The molecule has 152 valence electrons. The lowest BCUT2D eigenvalue weighted by Gasteiger charge is -2.15. The number of ether oxygens (including phenoxy) is 2. The Morgan fingerprint density at radius 3 is 2.55 bits per heavy atom. The first-order valence-corrected chi connectivity index (χ1v) is 8.03. The first-order valence-electron chi connectivity index (χ1n) is 8.03. The van der Waals surface area contributed by atoms with Gasteiger partial charge in [-0.2, -0.15) is 5.10 Å². The molecule has 12 nitrogen and oxygen atoms in total. The van der Waals surface area contributed by atoms with Gasteiger partial charge in [0.2, 0.25) is 0 Å². The number of hydrogen-bond donors (Lipinski definition) is 2. The van der Waals surface area contributed by atoms with Crippen LogP contribution >= 0.6 is 0 Å². The molecule has 0 saturated heterocycles. The highest BCUT2D eigenvalue weighted by Crippen LogP contribution is 2.32. The van der Waals surface area contributed by atoms with Crippen LogP contribution in [0.25, 0.3) is 0 Å². The van der Waals surface area contributed by atoms with Gasteiger partial charge in [-0.25, -0.2) is 4.79 Å². The van der Waals surface area contributed by atoms with Gasteiger partial charge in [-0.05, 0) is 25.1 Å². The summed E-state index contributed by atoms with van der Waals surface area (Å²) < 4.78 is 10.6. The minimum atomic E-state index is -1.18. The monoisotopic (exact) mass is 404 g/mol. The largest absolute Gasteiger partial charge is 0.493 e. The summed E-state index contributed by atoms with van der Waals surface area (Å²) in [5.41, 5.74) is 1.75. The Balaban J connectivity index is 2.32. The Hall–Kier alpha value is -4.22. The predicted molar refractivity (Wildman–Crippen MR) is 102 cm³/mol. The number of nitro benzene ring substituents is 2. The van der Waals surface area contributed by atoms with E-state index in [1.54, 1.807) is 18.2 Å². The van der Waals surface area contributed by atoms with Crippen LogP contribution in [-0.2, 0) is 4.79 Å². The van der Waals surface area contributed by atoms with Crippen molar-refractivity contribution < 1.29 is 29.2 Å². The van der Waals surface area contributed by atoms with Crippen LogP contribution in [0.1, 0.15) is 12.5 Å². The van der Waals surface area contributed by atoms with Gasteiger partial charge in [0.25, 0.3) is 5.69 Å². The third kappa shape index (κ3) is 5.15. The first-order chi connectivity index (χ1) is 13.7. The maximum absolute atomic E-state index is 11.2. The Kier molecular flexibility index (Phi) is 6.63. The van der Waals surface area contributed by atoms with E-state index in [1.807, 2.05) is 0 Å². The summed E-state index contributed by atoms with van der Waals surface area (Å²) >= 11 is 0. The molecule has 12 heteroatoms. The van der Waals surface area contributed by atoms with Crippen molar-refractivity contribution in [1.29, 1.82) is 0 Å². The molecule has 2 rings (SSSR count). The number of nitrogens with one attached hydrogen (secondary N) is 1. The summed E-state index contributed by atoms with van der Waals surface area (Å²) in [6.45, 7) is 1.34. The van der Waals surface area contributed by atoms with Crippen molar-refractivity contribution in [2.24, 2.45) is 5.10 Å². The number of nitrogens with zero attached hydrogens (tertiary/aromatic N) is 3. The lowest BCUT2D eigenvalue weighted by atomic mass is 10.2. The van der Waals surface area contributed by atoms with E-state index in [0.29, 0.717) is 5.56 Å². The molecule has 0 saturated carbocycles. The number of carbonyl (C=O) groups is 1. The van der Waals surface area contributed by atoms with Crippen LogP contribution in [-0.4, -0.2) is 40.4 Å². The van der Waals surface area contributed by atoms with E-state index in [2.05, 4.69) is 10.5 Å². The average molecular weight is 404 g/mol. The van der Waals surface area contributed by atoms with Crippen LogP contribution in [0.2, 0.25) is 0 Å². The molecular weight excluding hydrogens is 388 g/mol. The number of rotatable bonds is 9. The summed E-state index contributed by atoms with van der Waals surface area (Å²) in [4.78, 5) is 31.5. The minimum absolute atomic E-state index is 0.0684. The molecule has 0 aliphatic carbocycles. The number of para-hydroxylation sites is 1. The molecule has 2 N–H and O–H groups in total. The Morgan fingerprint density at radius 2 is 1.97 bits per heavy atom. The maximum atomic E-state index is 11.2. The highest BCUT2D eigenvalue weighted by atomic mass is 16.6. The summed E-state index contributed by atoms with van der Waals surface area (Å²) in [5, 5.41) is 34.9. The second-order valence-electron chi connectivity index (χ2n) is 5.56. The molecule has 0 spiro atoms. The zero-order chi connectivity index (χ0) is 21.6. The number of aliphatic carboxylic acids is 1. The van der Waals surface area contributed by atoms with Gasteiger partial charge >= 0.3 is 11.7 Å². The number of carboxylic acids is 1. The fraction of sp³-hybridized carbons (Fsp3) is 0.176. The van der Waals surface area contributed by atoms with Gasteiger partial charge in [-0.15, -0.1) is 0 Å². The van der Waals surface area contributed by atoms with Gasteiger partial charge in [0.1, 0.15) is 5.69 Å². The fourth-order valence-corrected chi connectivity index (χ4v) is 2.20. The molecule has 29 heavy (non-hydrogen) atoms. The molecule has 1 atom stereocenters. The van der Waals surface area contributed by atoms with Crippen molar-refractivity contribution in [2.75, 3.05) is 12.5 Å². The molecule has 0 unspecified atom stereocenters. The van der Waals surface area contributed by atoms with Gasteiger partial charge in [0, 0.05) is 11.6 Å². The molecule has 0 amide bonds. The highest BCUT2D eigenvalue weighted by Gasteiger charge is 2.20. The zero-order valence-electron chi connectivity index (χ0n) is 15.3. The topological polar surface area (TPSA) is 166 Å². The van der Waals surface area contributed by atoms with Crippen molar-refractivity contribution in [2.45, 2.75) is 13.0 Å². The second kappa shape index (κ2) is 9.12. The van der Waals surface area contributed by atoms with Gasteiger partial charge in [-0.1, -0.05) is 6.07 Å². The van der Waals surface area contributed by atoms with E-state index in [1.165, 1.54) is 20.2 Å². The van der Waals surface area contributed by atoms with Crippen molar-refractivity contribution in [1.82, 2.24) is 0 Å². The summed E-state index contributed by atoms with van der Waals surface area (Å²) in [6.07, 6.45) is 0.0829. The third-order valence-electron chi connectivity index (χ3n) is 3.65. The number of methoxy groups -OCH3 is 1. The molecular formula is C17H16N4O8. The Bertz CT molecular complexity index is 976. The minimum Gasteiger partial charge on any atom is -0.493 e. The van der Waals surface area contributed by atoms with Crippen molar-refractivity contribution in [3.05, 3.63) is 62.2 Å². The van der Waals surface area contributed by atoms with E-state index in [9.17, 15) is 25.0 Å². The molecule has 0 bridgehead atoms. The Morgan fingerprint density at radius 1 is 1.24 bits per heavy atom. The number of benzene rings is 2. The first kappa shape index (κ1) is 21.1. The van der Waals surface area contributed by atoms with E-state index in [0.717, 1.165) is 18.2 Å². The average Bonchev–Trinajstić information content (AvgIpc) is 2.68. The molecule has 0 aromatic heterocycles. The van der Waals surface area contributed by atoms with Crippen molar-refractivity contribution in [3.8, 4) is 11.5 Å². The number of anilines is 1. The standard InChI is InChI=1S/C17H16N4O8/c1-10(17(22)23)29-16-11(4-3-5-15(16)28-2)9-18-19-13-7-6-12(20(24)25)8-14(13)21(26)27/h3-10,19H,1-2H3,(H,22,23)/b18-9-/t10-/m0/s1. The third-order valence-corrected chi connectivity index (χ3v) is 3.65. The fourth-order valence-electron chi connectivity index (χ4n) is 2.20. The van der Waals surface area contributed by atoms with Crippen LogP contribution in [0, 0.1) is 20.2 Å². The maximum Gasteiger partial charge on any atom is 0.344 e. The molecule has 0 heterocycles. The quantitative estimate of drug-likeness (QED) is 0.363. The van der Waals surface area contributed by atoms with Crippen LogP contribution in [0.15, 0.2) is 41.5 Å². The zero-order valence-corrected chi connectivity index (χ0v) is 15.3. The normalized spacial score (nSPS) is 11.7. The molecule has 0 fully saturated rings. The van der Waals surface area contributed by atoms with E-state index in [4.69, 9.17) is 14.6 Å². The summed E-state index contributed by atoms with van der Waals surface area (Å²) in [6, 6.07) is 7.82. The molecule has 0 aliphatic heterocycles. The lowest BCUT2D eigenvalue weighted by molar-refractivity contribution is -0.393. The van der Waals surface area contributed by atoms with Crippen molar-refractivity contribution >= 4 is 29.2 Å². The second-order valence-corrected chi connectivity index (χ2v) is 5.56. The van der Waals surface area contributed by atoms with Crippen LogP contribution < -0.4 is 14.9 Å². The molecule has 2 aromatic carbocycles. The SMILES string of the molecule is COc1cccc(/C=N\Nc2ccc([N+](=O)[O-])cc2[N+](=O)[O-])c1O[C@@H](C)C(=O)O. The van der Waals surface area contributed by atoms with Crippen LogP contribution in [0.5, 0.6) is 11.5 Å². The van der Waals surface area contributed by atoms with Crippen LogP contribution in [0.4, 0.5) is 17.1 Å². The Labute approximate surface area is 163 Å². The number of carboxylic acid groups (broad SMARTS) is 1. The number of non-ortho nitro benzene ring substituents is 1. The predicted octanol–water partition coefficient (Wildman–Crippen LogP) is 2.81. The molecule has 2 aromatic rings. The summed E-state index contributed by atoms with van der Waals surface area (Å²) in [7, 11) is 1.38. The van der Waals surface area contributed by atoms with Gasteiger partial charge in [0.15, 0.2) is 17.6 Å². The van der Waals surface area contributed by atoms with Gasteiger partial charge in [0.05, 0.1) is 29.2 Å². The number of hydrazone groups is 1. The van der Waals surface area contributed by atoms with E-state index >= 15 is 0 Å². The smallest absolute Gasteiger partial charge is 0.344 e. The van der Waals surface area contributed by atoms with E-state index < -0.39 is 33.3 Å². The lowest BCUT2D eigenvalue weighted by Crippen LogP contribution is -2.23. The molecule has 0 aliphatic rings. The highest BCUT2D eigenvalue weighted by molar-refractivity contribution is 5.86.